The molecule has 5 heteroatoms. The standard InChI is InChI=1S/C15H23N3O2/c1-2-20-14-9-8-11(10-17-14)18-15(19)12-6-4-3-5-7-13(12)16/h8-10,12-13H,2-7,16H2,1H3,(H,18,19). The molecule has 0 bridgehead atoms. The zero-order valence-corrected chi connectivity index (χ0v) is 12.0. The highest BCUT2D eigenvalue weighted by Crippen LogP contribution is 2.23. The lowest BCUT2D eigenvalue weighted by Gasteiger charge is -2.20. The van der Waals surface area contributed by atoms with Gasteiger partial charge in [-0.3, -0.25) is 4.79 Å². The average molecular weight is 277 g/mol. The van der Waals surface area contributed by atoms with Crippen LogP contribution in [0.15, 0.2) is 18.3 Å². The molecule has 1 aromatic heterocycles. The zero-order valence-electron chi connectivity index (χ0n) is 12.0. The highest BCUT2D eigenvalue weighted by molar-refractivity contribution is 5.92. The molecule has 5 nitrogen and oxygen atoms in total. The van der Waals surface area contributed by atoms with Gasteiger partial charge in [-0.05, 0) is 25.8 Å². The van der Waals surface area contributed by atoms with E-state index in [1.165, 1.54) is 6.42 Å². The maximum absolute atomic E-state index is 12.3. The third kappa shape index (κ3) is 3.93. The number of nitrogens with one attached hydrogen (secondary N) is 1. The highest BCUT2D eigenvalue weighted by Gasteiger charge is 2.26. The lowest BCUT2D eigenvalue weighted by molar-refractivity contribution is -0.120. The summed E-state index contributed by atoms with van der Waals surface area (Å²) in [6, 6.07) is 3.53. The van der Waals surface area contributed by atoms with Gasteiger partial charge in [0.2, 0.25) is 11.8 Å². The number of pyridine rings is 1. The number of anilines is 1. The molecule has 1 aliphatic rings. The highest BCUT2D eigenvalue weighted by atomic mass is 16.5. The van der Waals surface area contributed by atoms with Crippen molar-refractivity contribution >= 4 is 11.6 Å². The van der Waals surface area contributed by atoms with Gasteiger partial charge in [-0.15, -0.1) is 0 Å². The van der Waals surface area contributed by atoms with Gasteiger partial charge in [0, 0.05) is 12.1 Å². The Kier molecular flexibility index (Phi) is 5.35. The van der Waals surface area contributed by atoms with Gasteiger partial charge in [-0.2, -0.15) is 0 Å². The summed E-state index contributed by atoms with van der Waals surface area (Å²) in [7, 11) is 0. The number of hydrogen-bond acceptors (Lipinski definition) is 4. The van der Waals surface area contributed by atoms with Crippen molar-refractivity contribution in [2.45, 2.75) is 45.1 Å². The van der Waals surface area contributed by atoms with E-state index in [0.29, 0.717) is 18.2 Å². The van der Waals surface area contributed by atoms with Gasteiger partial charge in [-0.1, -0.05) is 19.3 Å². The molecule has 1 heterocycles. The van der Waals surface area contributed by atoms with Gasteiger partial charge < -0.3 is 15.8 Å². The lowest BCUT2D eigenvalue weighted by Crippen LogP contribution is -2.37. The van der Waals surface area contributed by atoms with E-state index in [-0.39, 0.29) is 17.9 Å². The molecule has 20 heavy (non-hydrogen) atoms. The van der Waals surface area contributed by atoms with E-state index in [1.807, 2.05) is 6.92 Å². The number of hydrogen-bond donors (Lipinski definition) is 2. The molecule has 0 saturated heterocycles. The number of amides is 1. The first-order valence-electron chi connectivity index (χ1n) is 7.36. The van der Waals surface area contributed by atoms with Crippen LogP contribution in [-0.4, -0.2) is 23.5 Å². The van der Waals surface area contributed by atoms with Crippen molar-refractivity contribution in [1.29, 1.82) is 0 Å². The number of aromatic nitrogens is 1. The van der Waals surface area contributed by atoms with Gasteiger partial charge in [0.05, 0.1) is 24.4 Å². The van der Waals surface area contributed by atoms with Crippen molar-refractivity contribution in [3.05, 3.63) is 18.3 Å². The fourth-order valence-electron chi connectivity index (χ4n) is 2.58. The molecular formula is C15H23N3O2. The Morgan fingerprint density at radius 1 is 1.40 bits per heavy atom. The van der Waals surface area contributed by atoms with E-state index in [1.54, 1.807) is 18.3 Å². The fraction of sp³-hybridized carbons (Fsp3) is 0.600. The van der Waals surface area contributed by atoms with Crippen LogP contribution in [0.25, 0.3) is 0 Å². The maximum Gasteiger partial charge on any atom is 0.229 e. The Morgan fingerprint density at radius 3 is 2.90 bits per heavy atom. The molecular weight excluding hydrogens is 254 g/mol. The van der Waals surface area contributed by atoms with Crippen LogP contribution in [0.4, 0.5) is 5.69 Å². The molecule has 110 valence electrons. The molecule has 2 rings (SSSR count). The maximum atomic E-state index is 12.3. The number of carbonyl (C=O) groups excluding carboxylic acids is 1. The molecule has 0 aromatic carbocycles. The molecule has 0 spiro atoms. The fourth-order valence-corrected chi connectivity index (χ4v) is 2.58. The molecule has 1 saturated carbocycles. The molecule has 0 aliphatic heterocycles. The summed E-state index contributed by atoms with van der Waals surface area (Å²) in [5.74, 6) is 0.478. The third-order valence-corrected chi connectivity index (χ3v) is 3.70. The first kappa shape index (κ1) is 14.8. The monoisotopic (exact) mass is 277 g/mol. The minimum atomic E-state index is -0.0935. The van der Waals surface area contributed by atoms with Crippen molar-refractivity contribution in [2.75, 3.05) is 11.9 Å². The summed E-state index contributed by atoms with van der Waals surface area (Å²) in [6.07, 6.45) is 6.78. The van der Waals surface area contributed by atoms with Crippen LogP contribution in [0.3, 0.4) is 0 Å². The number of nitrogens with zero attached hydrogens (tertiary/aromatic N) is 1. The van der Waals surface area contributed by atoms with Crippen LogP contribution >= 0.6 is 0 Å². The smallest absolute Gasteiger partial charge is 0.229 e. The Hall–Kier alpha value is -1.62. The third-order valence-electron chi connectivity index (χ3n) is 3.70. The SMILES string of the molecule is CCOc1ccc(NC(=O)C2CCCCCC2N)cn1. The number of rotatable bonds is 4. The molecule has 2 atom stereocenters. The largest absolute Gasteiger partial charge is 0.478 e. The van der Waals surface area contributed by atoms with Crippen molar-refractivity contribution in [3.63, 3.8) is 0 Å². The Bertz CT molecular complexity index is 433. The van der Waals surface area contributed by atoms with Crippen LogP contribution in [0.2, 0.25) is 0 Å². The van der Waals surface area contributed by atoms with Gasteiger partial charge in [-0.25, -0.2) is 4.98 Å². The summed E-state index contributed by atoms with van der Waals surface area (Å²) in [4.78, 5) is 16.4. The molecule has 1 amide bonds. The molecule has 1 fully saturated rings. The normalized spacial score (nSPS) is 22.9. The Labute approximate surface area is 119 Å². The number of carbonyl (C=O) groups is 1. The van der Waals surface area contributed by atoms with Crippen LogP contribution in [-0.2, 0) is 4.79 Å². The van der Waals surface area contributed by atoms with E-state index in [2.05, 4.69) is 10.3 Å². The second-order valence-corrected chi connectivity index (χ2v) is 5.22. The summed E-state index contributed by atoms with van der Waals surface area (Å²) in [5.41, 5.74) is 6.79. The molecule has 0 radical (unpaired) electrons. The van der Waals surface area contributed by atoms with Gasteiger partial charge in [0.25, 0.3) is 0 Å². The number of nitrogens with two attached hydrogens (primary N) is 1. The molecule has 2 unspecified atom stereocenters. The second kappa shape index (κ2) is 7.24. The van der Waals surface area contributed by atoms with Crippen molar-refractivity contribution in [1.82, 2.24) is 4.98 Å². The summed E-state index contributed by atoms with van der Waals surface area (Å²) in [6.45, 7) is 2.49. The van der Waals surface area contributed by atoms with Crippen molar-refractivity contribution in [3.8, 4) is 5.88 Å². The van der Waals surface area contributed by atoms with Gasteiger partial charge in [0.1, 0.15) is 0 Å². The van der Waals surface area contributed by atoms with E-state index in [0.717, 1.165) is 25.7 Å². The minimum absolute atomic E-state index is 0.00496. The number of ether oxygens (including phenoxy) is 1. The summed E-state index contributed by atoms with van der Waals surface area (Å²) in [5, 5.41) is 2.90. The van der Waals surface area contributed by atoms with E-state index >= 15 is 0 Å². The van der Waals surface area contributed by atoms with Crippen LogP contribution < -0.4 is 15.8 Å². The quantitative estimate of drug-likeness (QED) is 0.828. The van der Waals surface area contributed by atoms with Crippen molar-refractivity contribution in [2.24, 2.45) is 11.7 Å². The predicted molar refractivity (Wildman–Crippen MR) is 78.6 cm³/mol. The predicted octanol–water partition coefficient (Wildman–Crippen LogP) is 2.33. The average Bonchev–Trinajstić information content (AvgIpc) is 2.66. The van der Waals surface area contributed by atoms with E-state index in [4.69, 9.17) is 10.5 Å². The first-order valence-corrected chi connectivity index (χ1v) is 7.36. The van der Waals surface area contributed by atoms with E-state index < -0.39 is 0 Å². The summed E-state index contributed by atoms with van der Waals surface area (Å²) >= 11 is 0. The molecule has 3 N–H and O–H groups in total. The topological polar surface area (TPSA) is 77.2 Å². The van der Waals surface area contributed by atoms with Crippen LogP contribution in [0.1, 0.15) is 39.0 Å². The lowest BCUT2D eigenvalue weighted by atomic mass is 9.94. The minimum Gasteiger partial charge on any atom is -0.478 e. The van der Waals surface area contributed by atoms with Gasteiger partial charge >= 0.3 is 0 Å². The first-order chi connectivity index (χ1) is 9.70. The van der Waals surface area contributed by atoms with E-state index in [9.17, 15) is 4.79 Å². The van der Waals surface area contributed by atoms with Gasteiger partial charge in [0.15, 0.2) is 0 Å². The second-order valence-electron chi connectivity index (χ2n) is 5.22. The van der Waals surface area contributed by atoms with Crippen LogP contribution in [0.5, 0.6) is 5.88 Å². The summed E-state index contributed by atoms with van der Waals surface area (Å²) < 4.78 is 5.27. The molecule has 1 aliphatic carbocycles. The van der Waals surface area contributed by atoms with Crippen LogP contribution in [0, 0.1) is 5.92 Å². The van der Waals surface area contributed by atoms with Crippen molar-refractivity contribution < 1.29 is 9.53 Å². The zero-order chi connectivity index (χ0) is 14.4. The Balaban J connectivity index is 1.95. The molecule has 1 aromatic rings. The Morgan fingerprint density at radius 2 is 2.20 bits per heavy atom.